The van der Waals surface area contributed by atoms with E-state index >= 15 is 0 Å². The number of nitrogens with one attached hydrogen (secondary N) is 1. The van der Waals surface area contributed by atoms with Gasteiger partial charge in [0.1, 0.15) is 5.75 Å². The highest BCUT2D eigenvalue weighted by molar-refractivity contribution is 8.02. The van der Waals surface area contributed by atoms with E-state index in [-0.39, 0.29) is 28.4 Å². The number of carbonyl (C=O) groups excluding carboxylic acids is 2. The third-order valence-corrected chi connectivity index (χ3v) is 7.19. The van der Waals surface area contributed by atoms with Crippen molar-refractivity contribution in [2.75, 3.05) is 24.4 Å². The molecule has 7 nitrogen and oxygen atoms in total. The summed E-state index contributed by atoms with van der Waals surface area (Å²) in [7, 11) is -1.38. The molecule has 0 saturated carbocycles. The standard InChI is InChI=1S/C17H23NO6S2/c1-12(17(20)18-9-13-3-5-14(23-2)6-4-13)24-16(19)10-25-15-7-8-26(21,22)11-15/h3-6,12,15H,7-11H2,1-2H3,(H,18,20)/t12-,15-/m0/s1. The Labute approximate surface area is 157 Å². The van der Waals surface area contributed by atoms with Crippen molar-refractivity contribution in [1.82, 2.24) is 5.32 Å². The van der Waals surface area contributed by atoms with E-state index in [4.69, 9.17) is 9.47 Å². The van der Waals surface area contributed by atoms with Crippen molar-refractivity contribution in [3.63, 3.8) is 0 Å². The number of methoxy groups -OCH3 is 1. The van der Waals surface area contributed by atoms with Gasteiger partial charge in [0.15, 0.2) is 15.9 Å². The Hall–Kier alpha value is -1.74. The summed E-state index contributed by atoms with van der Waals surface area (Å²) in [5.41, 5.74) is 0.899. The van der Waals surface area contributed by atoms with Crippen LogP contribution in [-0.2, 0) is 30.7 Å². The molecule has 9 heteroatoms. The average molecular weight is 402 g/mol. The first kappa shape index (κ1) is 20.6. The van der Waals surface area contributed by atoms with Gasteiger partial charge in [-0.1, -0.05) is 12.1 Å². The molecule has 1 fully saturated rings. The lowest BCUT2D eigenvalue weighted by atomic mass is 10.2. The van der Waals surface area contributed by atoms with Crippen LogP contribution in [0.4, 0.5) is 0 Å². The first-order chi connectivity index (χ1) is 12.3. The van der Waals surface area contributed by atoms with E-state index in [1.807, 2.05) is 12.1 Å². The number of ether oxygens (including phenoxy) is 2. The number of thioether (sulfide) groups is 1. The fourth-order valence-corrected chi connectivity index (χ4v) is 5.86. The minimum atomic E-state index is -2.96. The second kappa shape index (κ2) is 9.27. The van der Waals surface area contributed by atoms with Crippen molar-refractivity contribution in [2.45, 2.75) is 31.2 Å². The first-order valence-corrected chi connectivity index (χ1v) is 11.1. The lowest BCUT2D eigenvalue weighted by Gasteiger charge is -2.14. The molecule has 0 unspecified atom stereocenters. The zero-order valence-electron chi connectivity index (χ0n) is 14.8. The molecule has 26 heavy (non-hydrogen) atoms. The van der Waals surface area contributed by atoms with E-state index in [1.54, 1.807) is 19.2 Å². The van der Waals surface area contributed by atoms with E-state index in [9.17, 15) is 18.0 Å². The maximum absolute atomic E-state index is 12.0. The average Bonchev–Trinajstić information content (AvgIpc) is 2.97. The summed E-state index contributed by atoms with van der Waals surface area (Å²) in [5, 5.41) is 2.63. The molecule has 1 amide bonds. The van der Waals surface area contributed by atoms with Crippen molar-refractivity contribution >= 4 is 33.5 Å². The van der Waals surface area contributed by atoms with Crippen LogP contribution in [0.1, 0.15) is 18.9 Å². The van der Waals surface area contributed by atoms with Crippen LogP contribution in [0.3, 0.4) is 0 Å². The quantitative estimate of drug-likeness (QED) is 0.653. The minimum Gasteiger partial charge on any atom is -0.497 e. The monoisotopic (exact) mass is 401 g/mol. The van der Waals surface area contributed by atoms with Gasteiger partial charge in [-0.25, -0.2) is 8.42 Å². The Kier molecular flexibility index (Phi) is 7.33. The maximum atomic E-state index is 12.0. The molecule has 0 aromatic heterocycles. The largest absolute Gasteiger partial charge is 0.497 e. The molecule has 1 aromatic rings. The van der Waals surface area contributed by atoms with Gasteiger partial charge in [-0.05, 0) is 31.0 Å². The van der Waals surface area contributed by atoms with Gasteiger partial charge in [0.25, 0.3) is 5.91 Å². The number of amides is 1. The third kappa shape index (κ3) is 6.53. The highest BCUT2D eigenvalue weighted by Gasteiger charge is 2.29. The topological polar surface area (TPSA) is 98.8 Å². The van der Waals surface area contributed by atoms with E-state index in [0.717, 1.165) is 11.3 Å². The molecule has 0 bridgehead atoms. The summed E-state index contributed by atoms with van der Waals surface area (Å²) in [5.74, 6) is 0.132. The molecule has 1 N–H and O–H groups in total. The van der Waals surface area contributed by atoms with Crippen molar-refractivity contribution in [2.24, 2.45) is 0 Å². The Bertz CT molecular complexity index is 732. The number of hydrogen-bond acceptors (Lipinski definition) is 7. The van der Waals surface area contributed by atoms with Gasteiger partial charge in [-0.3, -0.25) is 9.59 Å². The smallest absolute Gasteiger partial charge is 0.316 e. The van der Waals surface area contributed by atoms with Crippen molar-refractivity contribution in [3.8, 4) is 5.75 Å². The SMILES string of the molecule is COc1ccc(CNC(=O)[C@H](C)OC(=O)CS[C@H]2CCS(=O)(=O)C2)cc1. The number of rotatable bonds is 8. The Morgan fingerprint density at radius 3 is 2.58 bits per heavy atom. The van der Waals surface area contributed by atoms with Gasteiger partial charge >= 0.3 is 5.97 Å². The van der Waals surface area contributed by atoms with Gasteiger partial charge in [0.05, 0.1) is 24.4 Å². The predicted octanol–water partition coefficient (Wildman–Crippen LogP) is 1.16. The number of esters is 1. The van der Waals surface area contributed by atoms with E-state index < -0.39 is 21.9 Å². The van der Waals surface area contributed by atoms with Gasteiger partial charge in [-0.15, -0.1) is 11.8 Å². The summed E-state index contributed by atoms with van der Waals surface area (Å²) in [4.78, 5) is 23.9. The van der Waals surface area contributed by atoms with Crippen LogP contribution in [0, 0.1) is 0 Å². The molecule has 1 aromatic carbocycles. The molecular weight excluding hydrogens is 378 g/mol. The number of sulfone groups is 1. The molecule has 2 atom stereocenters. The Morgan fingerprint density at radius 1 is 1.31 bits per heavy atom. The van der Waals surface area contributed by atoms with Crippen LogP contribution in [0.5, 0.6) is 5.75 Å². The van der Waals surface area contributed by atoms with Crippen molar-refractivity contribution < 1.29 is 27.5 Å². The second-order valence-corrected chi connectivity index (χ2v) is 9.55. The molecule has 1 saturated heterocycles. The maximum Gasteiger partial charge on any atom is 0.316 e. The summed E-state index contributed by atoms with van der Waals surface area (Å²) < 4.78 is 33.0. The van der Waals surface area contributed by atoms with Crippen LogP contribution in [0.25, 0.3) is 0 Å². The molecule has 0 radical (unpaired) electrons. The van der Waals surface area contributed by atoms with Gasteiger partial charge in [-0.2, -0.15) is 0 Å². The highest BCUT2D eigenvalue weighted by atomic mass is 32.2. The lowest BCUT2D eigenvalue weighted by Crippen LogP contribution is -2.35. The zero-order valence-corrected chi connectivity index (χ0v) is 16.4. The van der Waals surface area contributed by atoms with Crippen molar-refractivity contribution in [1.29, 1.82) is 0 Å². The second-order valence-electron chi connectivity index (χ2n) is 6.03. The van der Waals surface area contributed by atoms with E-state index in [1.165, 1.54) is 18.7 Å². The van der Waals surface area contributed by atoms with Crippen LogP contribution in [-0.4, -0.2) is 56.0 Å². The molecule has 1 aliphatic rings. The lowest BCUT2D eigenvalue weighted by molar-refractivity contribution is -0.152. The summed E-state index contributed by atoms with van der Waals surface area (Å²) in [6, 6.07) is 7.26. The molecular formula is C17H23NO6S2. The fourth-order valence-electron chi connectivity index (χ4n) is 2.44. The third-order valence-electron chi connectivity index (χ3n) is 3.93. The minimum absolute atomic E-state index is 0.0380. The fraction of sp³-hybridized carbons (Fsp3) is 0.529. The van der Waals surface area contributed by atoms with Crippen LogP contribution in [0.15, 0.2) is 24.3 Å². The van der Waals surface area contributed by atoms with Crippen LogP contribution < -0.4 is 10.1 Å². The van der Waals surface area contributed by atoms with Crippen molar-refractivity contribution in [3.05, 3.63) is 29.8 Å². The molecule has 1 heterocycles. The number of carbonyl (C=O) groups is 2. The van der Waals surface area contributed by atoms with E-state index in [0.29, 0.717) is 13.0 Å². The summed E-state index contributed by atoms with van der Waals surface area (Å²) in [6.07, 6.45) is -0.355. The molecule has 2 rings (SSSR count). The van der Waals surface area contributed by atoms with Gasteiger partial charge < -0.3 is 14.8 Å². The molecule has 1 aliphatic heterocycles. The van der Waals surface area contributed by atoms with Gasteiger partial charge in [0.2, 0.25) is 0 Å². The molecule has 0 aliphatic carbocycles. The number of hydrogen-bond donors (Lipinski definition) is 1. The van der Waals surface area contributed by atoms with Crippen LogP contribution in [0.2, 0.25) is 0 Å². The predicted molar refractivity (Wildman–Crippen MR) is 99.9 cm³/mol. The molecule has 144 valence electrons. The van der Waals surface area contributed by atoms with Gasteiger partial charge in [0, 0.05) is 11.8 Å². The number of benzene rings is 1. The highest BCUT2D eigenvalue weighted by Crippen LogP contribution is 2.24. The summed E-state index contributed by atoms with van der Waals surface area (Å²) >= 11 is 1.26. The first-order valence-electron chi connectivity index (χ1n) is 8.21. The Morgan fingerprint density at radius 2 is 2.00 bits per heavy atom. The zero-order chi connectivity index (χ0) is 19.2. The normalized spacial score (nSPS) is 19.5. The molecule has 0 spiro atoms. The summed E-state index contributed by atoms with van der Waals surface area (Å²) in [6.45, 7) is 1.82. The van der Waals surface area contributed by atoms with E-state index in [2.05, 4.69) is 5.32 Å². The Balaban J connectivity index is 1.69. The van der Waals surface area contributed by atoms with Crippen LogP contribution >= 0.6 is 11.8 Å².